The number of carbonyl (C=O) groups is 2. The van der Waals surface area contributed by atoms with Crippen molar-refractivity contribution in [1.29, 1.82) is 0 Å². The number of carbonyl (C=O) groups excluding carboxylic acids is 2. The maximum atomic E-state index is 12.7. The Labute approximate surface area is 129 Å². The molecular weight excluding hydrogens is 284 g/mol. The summed E-state index contributed by atoms with van der Waals surface area (Å²) in [6.07, 6.45) is 2.72. The lowest BCUT2D eigenvalue weighted by Crippen LogP contribution is -2.46. The van der Waals surface area contributed by atoms with Crippen molar-refractivity contribution in [3.8, 4) is 11.5 Å². The maximum absolute atomic E-state index is 12.7. The number of fused-ring (bicyclic) bond motifs is 1. The van der Waals surface area contributed by atoms with Crippen LogP contribution in [-0.4, -0.2) is 38.6 Å². The van der Waals surface area contributed by atoms with E-state index in [1.165, 1.54) is 0 Å². The highest BCUT2D eigenvalue weighted by Crippen LogP contribution is 2.38. The van der Waals surface area contributed by atoms with Crippen LogP contribution in [0.3, 0.4) is 0 Å². The van der Waals surface area contributed by atoms with Gasteiger partial charge in [-0.1, -0.05) is 0 Å². The average Bonchev–Trinajstić information content (AvgIpc) is 2.98. The Hall–Kier alpha value is -2.24. The summed E-state index contributed by atoms with van der Waals surface area (Å²) in [6.45, 7) is 0.647. The van der Waals surface area contributed by atoms with Gasteiger partial charge in [-0.25, -0.2) is 0 Å². The smallest absolute Gasteiger partial charge is 0.249 e. The third kappa shape index (κ3) is 2.49. The highest BCUT2D eigenvalue weighted by molar-refractivity contribution is 6.02. The number of rotatable bonds is 3. The van der Waals surface area contributed by atoms with Crippen LogP contribution in [0.2, 0.25) is 0 Å². The summed E-state index contributed by atoms with van der Waals surface area (Å²) < 4.78 is 10.7. The van der Waals surface area contributed by atoms with Crippen molar-refractivity contribution < 1.29 is 19.1 Å². The summed E-state index contributed by atoms with van der Waals surface area (Å²) in [5, 5.41) is 2.75. The summed E-state index contributed by atoms with van der Waals surface area (Å²) in [7, 11) is 3.21. The molecule has 2 heterocycles. The van der Waals surface area contributed by atoms with E-state index in [-0.39, 0.29) is 11.8 Å². The first-order chi connectivity index (χ1) is 10.6. The van der Waals surface area contributed by atoms with Crippen molar-refractivity contribution in [2.75, 3.05) is 25.7 Å². The third-order valence-corrected chi connectivity index (χ3v) is 4.27. The number of anilines is 1. The molecule has 0 spiro atoms. The fraction of sp³-hybridized carbons (Fsp3) is 0.500. The molecule has 1 aromatic carbocycles. The quantitative estimate of drug-likeness (QED) is 0.913. The van der Waals surface area contributed by atoms with E-state index in [1.54, 1.807) is 19.1 Å². The number of nitrogens with zero attached hydrogens (tertiary/aromatic N) is 1. The lowest BCUT2D eigenvalue weighted by molar-refractivity contribution is -0.124. The predicted molar refractivity (Wildman–Crippen MR) is 81.4 cm³/mol. The van der Waals surface area contributed by atoms with Crippen molar-refractivity contribution in [3.05, 3.63) is 17.7 Å². The van der Waals surface area contributed by atoms with E-state index in [2.05, 4.69) is 5.32 Å². The second-order valence-corrected chi connectivity index (χ2v) is 5.58. The van der Waals surface area contributed by atoms with E-state index in [0.29, 0.717) is 25.1 Å². The molecule has 1 atom stereocenters. The zero-order valence-corrected chi connectivity index (χ0v) is 12.8. The molecule has 1 aromatic rings. The van der Waals surface area contributed by atoms with E-state index in [9.17, 15) is 9.59 Å². The Bertz CT molecular complexity index is 614. The van der Waals surface area contributed by atoms with E-state index in [4.69, 9.17) is 9.47 Å². The standard InChI is InChI=1S/C16H20N2O4/c1-21-10-8-13-11(14(9-10)22-2)4-3-7-18(13)16(20)12-5-6-15(19)17-12/h8-9,12H,3-7H2,1-2H3,(H,17,19). The fourth-order valence-corrected chi connectivity index (χ4v) is 3.15. The number of ether oxygens (including phenoxy) is 2. The van der Waals surface area contributed by atoms with Gasteiger partial charge in [0.1, 0.15) is 17.5 Å². The van der Waals surface area contributed by atoms with Gasteiger partial charge in [-0.2, -0.15) is 0 Å². The summed E-state index contributed by atoms with van der Waals surface area (Å²) in [5.74, 6) is 1.29. The topological polar surface area (TPSA) is 67.9 Å². The minimum atomic E-state index is -0.421. The number of nitrogens with one attached hydrogen (secondary N) is 1. The number of methoxy groups -OCH3 is 2. The molecule has 0 saturated carbocycles. The molecule has 0 bridgehead atoms. The highest BCUT2D eigenvalue weighted by Gasteiger charge is 2.34. The van der Waals surface area contributed by atoms with Crippen LogP contribution in [0.4, 0.5) is 5.69 Å². The fourth-order valence-electron chi connectivity index (χ4n) is 3.15. The van der Waals surface area contributed by atoms with Gasteiger partial charge in [-0.3, -0.25) is 9.59 Å². The molecule has 0 aliphatic carbocycles. The maximum Gasteiger partial charge on any atom is 0.249 e. The number of hydrogen-bond acceptors (Lipinski definition) is 4. The molecule has 0 radical (unpaired) electrons. The van der Waals surface area contributed by atoms with Gasteiger partial charge in [0.25, 0.3) is 0 Å². The van der Waals surface area contributed by atoms with Gasteiger partial charge in [-0.15, -0.1) is 0 Å². The number of hydrogen-bond donors (Lipinski definition) is 1. The molecule has 3 rings (SSSR count). The van der Waals surface area contributed by atoms with Gasteiger partial charge >= 0.3 is 0 Å². The zero-order valence-electron chi connectivity index (χ0n) is 12.8. The Morgan fingerprint density at radius 1 is 1.27 bits per heavy atom. The SMILES string of the molecule is COc1cc(OC)c2c(c1)N(C(=O)C1CCC(=O)N1)CCC2. The van der Waals surface area contributed by atoms with Crippen LogP contribution in [0, 0.1) is 0 Å². The van der Waals surface area contributed by atoms with Crippen LogP contribution < -0.4 is 19.7 Å². The first-order valence-corrected chi connectivity index (χ1v) is 7.49. The Morgan fingerprint density at radius 3 is 2.73 bits per heavy atom. The second-order valence-electron chi connectivity index (χ2n) is 5.58. The van der Waals surface area contributed by atoms with Crippen LogP contribution >= 0.6 is 0 Å². The Morgan fingerprint density at radius 2 is 2.09 bits per heavy atom. The van der Waals surface area contributed by atoms with Gasteiger partial charge in [0.15, 0.2) is 0 Å². The lowest BCUT2D eigenvalue weighted by atomic mass is 9.99. The van der Waals surface area contributed by atoms with Crippen LogP contribution in [0.1, 0.15) is 24.8 Å². The van der Waals surface area contributed by atoms with Crippen molar-refractivity contribution in [2.45, 2.75) is 31.7 Å². The molecule has 6 heteroatoms. The number of amides is 2. The van der Waals surface area contributed by atoms with Crippen LogP contribution in [-0.2, 0) is 16.0 Å². The van der Waals surface area contributed by atoms with E-state index < -0.39 is 6.04 Å². The van der Waals surface area contributed by atoms with E-state index >= 15 is 0 Å². The van der Waals surface area contributed by atoms with Gasteiger partial charge in [0.05, 0.1) is 19.9 Å². The molecule has 1 N–H and O–H groups in total. The molecule has 2 amide bonds. The minimum Gasteiger partial charge on any atom is -0.497 e. The van der Waals surface area contributed by atoms with Gasteiger partial charge in [-0.05, 0) is 19.3 Å². The minimum absolute atomic E-state index is 0.0536. The average molecular weight is 304 g/mol. The van der Waals surface area contributed by atoms with Crippen LogP contribution in [0.25, 0.3) is 0 Å². The molecule has 2 aliphatic heterocycles. The molecule has 6 nitrogen and oxygen atoms in total. The summed E-state index contributed by atoms with van der Waals surface area (Å²) >= 11 is 0. The Kier molecular flexibility index (Phi) is 3.92. The summed E-state index contributed by atoms with van der Waals surface area (Å²) in [6, 6.07) is 3.28. The first kappa shape index (κ1) is 14.7. The van der Waals surface area contributed by atoms with Gasteiger partial charge in [0, 0.05) is 30.7 Å². The van der Waals surface area contributed by atoms with Gasteiger partial charge in [0.2, 0.25) is 11.8 Å². The zero-order chi connectivity index (χ0) is 15.7. The van der Waals surface area contributed by atoms with Crippen molar-refractivity contribution in [2.24, 2.45) is 0 Å². The second kappa shape index (κ2) is 5.87. The Balaban J connectivity index is 1.96. The normalized spacial score (nSPS) is 20.4. The monoisotopic (exact) mass is 304 g/mol. The van der Waals surface area contributed by atoms with Crippen molar-refractivity contribution >= 4 is 17.5 Å². The molecule has 1 unspecified atom stereocenters. The lowest BCUT2D eigenvalue weighted by Gasteiger charge is -2.32. The van der Waals surface area contributed by atoms with E-state index in [1.807, 2.05) is 12.1 Å². The molecule has 22 heavy (non-hydrogen) atoms. The highest BCUT2D eigenvalue weighted by atomic mass is 16.5. The molecule has 0 aromatic heterocycles. The molecule has 118 valence electrons. The first-order valence-electron chi connectivity index (χ1n) is 7.49. The summed E-state index contributed by atoms with van der Waals surface area (Å²) in [4.78, 5) is 25.9. The van der Waals surface area contributed by atoms with Crippen molar-refractivity contribution in [1.82, 2.24) is 5.32 Å². The largest absolute Gasteiger partial charge is 0.497 e. The van der Waals surface area contributed by atoms with Crippen molar-refractivity contribution in [3.63, 3.8) is 0 Å². The van der Waals surface area contributed by atoms with Crippen LogP contribution in [0.15, 0.2) is 12.1 Å². The molecule has 1 saturated heterocycles. The number of benzene rings is 1. The summed E-state index contributed by atoms with van der Waals surface area (Å²) in [5.41, 5.74) is 1.85. The predicted octanol–water partition coefficient (Wildman–Crippen LogP) is 1.26. The van der Waals surface area contributed by atoms with Crippen LogP contribution in [0.5, 0.6) is 11.5 Å². The molecular formula is C16H20N2O4. The van der Waals surface area contributed by atoms with E-state index in [0.717, 1.165) is 29.8 Å². The molecule has 2 aliphatic rings. The molecule has 1 fully saturated rings. The third-order valence-electron chi connectivity index (χ3n) is 4.27. The van der Waals surface area contributed by atoms with Gasteiger partial charge < -0.3 is 19.7 Å².